The van der Waals surface area contributed by atoms with Gasteiger partial charge in [-0.1, -0.05) is 18.2 Å². The number of halogens is 3. The number of carbonyl (C=O) groups excluding carboxylic acids is 1. The van der Waals surface area contributed by atoms with Gasteiger partial charge in [0.05, 0.1) is 12.7 Å². The quantitative estimate of drug-likeness (QED) is 0.791. The SMILES string of the molecule is COc1ccc(C(=O)c2ccccc2C(F)(F)F)cc1C. The molecule has 0 radical (unpaired) electrons. The number of carbonyl (C=O) groups is 1. The van der Waals surface area contributed by atoms with Gasteiger partial charge >= 0.3 is 6.18 Å². The number of benzene rings is 2. The number of hydrogen-bond donors (Lipinski definition) is 0. The average molecular weight is 294 g/mol. The maximum Gasteiger partial charge on any atom is 0.417 e. The van der Waals surface area contributed by atoms with Crippen molar-refractivity contribution < 1.29 is 22.7 Å². The fraction of sp³-hybridized carbons (Fsp3) is 0.188. The van der Waals surface area contributed by atoms with E-state index < -0.39 is 17.5 Å². The molecule has 0 amide bonds. The molecule has 0 aliphatic rings. The molecule has 2 aromatic carbocycles. The van der Waals surface area contributed by atoms with E-state index in [1.165, 1.54) is 37.4 Å². The topological polar surface area (TPSA) is 26.3 Å². The van der Waals surface area contributed by atoms with Crippen molar-refractivity contribution >= 4 is 5.78 Å². The third kappa shape index (κ3) is 3.07. The summed E-state index contributed by atoms with van der Waals surface area (Å²) in [6.45, 7) is 1.73. The van der Waals surface area contributed by atoms with Gasteiger partial charge in [-0.25, -0.2) is 0 Å². The van der Waals surface area contributed by atoms with E-state index in [0.717, 1.165) is 6.07 Å². The third-order valence-electron chi connectivity index (χ3n) is 3.13. The maximum absolute atomic E-state index is 13.0. The second kappa shape index (κ2) is 5.60. The summed E-state index contributed by atoms with van der Waals surface area (Å²) in [6, 6.07) is 9.32. The first-order valence-corrected chi connectivity index (χ1v) is 6.20. The van der Waals surface area contributed by atoms with E-state index in [0.29, 0.717) is 11.3 Å². The molecule has 0 spiro atoms. The smallest absolute Gasteiger partial charge is 0.417 e. The molecule has 0 atom stereocenters. The number of aryl methyl sites for hydroxylation is 1. The lowest BCUT2D eigenvalue weighted by Crippen LogP contribution is -2.13. The minimum Gasteiger partial charge on any atom is -0.496 e. The molecular formula is C16H13F3O2. The Morgan fingerprint density at radius 3 is 2.33 bits per heavy atom. The lowest BCUT2D eigenvalue weighted by molar-refractivity contribution is -0.137. The van der Waals surface area contributed by atoms with Crippen LogP contribution in [-0.4, -0.2) is 12.9 Å². The Bertz CT molecular complexity index is 675. The van der Waals surface area contributed by atoms with Gasteiger partial charge in [0.15, 0.2) is 5.78 Å². The fourth-order valence-corrected chi connectivity index (χ4v) is 2.10. The van der Waals surface area contributed by atoms with Crippen LogP contribution in [0.3, 0.4) is 0 Å². The minimum atomic E-state index is -4.56. The first-order chi connectivity index (χ1) is 9.84. The van der Waals surface area contributed by atoms with Gasteiger partial charge in [-0.05, 0) is 36.8 Å². The molecule has 0 saturated heterocycles. The molecule has 2 aromatic rings. The molecule has 21 heavy (non-hydrogen) atoms. The molecule has 0 saturated carbocycles. The highest BCUT2D eigenvalue weighted by molar-refractivity contribution is 6.10. The van der Waals surface area contributed by atoms with Crippen molar-refractivity contribution in [3.8, 4) is 5.75 Å². The van der Waals surface area contributed by atoms with Crippen LogP contribution in [0.2, 0.25) is 0 Å². The normalized spacial score (nSPS) is 11.3. The molecule has 0 N–H and O–H groups in total. The van der Waals surface area contributed by atoms with Gasteiger partial charge in [0.25, 0.3) is 0 Å². The van der Waals surface area contributed by atoms with Crippen LogP contribution in [0.25, 0.3) is 0 Å². The predicted molar refractivity (Wildman–Crippen MR) is 72.6 cm³/mol. The Balaban J connectivity index is 2.48. The Kier molecular flexibility index (Phi) is 4.02. The fourth-order valence-electron chi connectivity index (χ4n) is 2.10. The Morgan fingerprint density at radius 1 is 1.10 bits per heavy atom. The Morgan fingerprint density at radius 2 is 1.76 bits per heavy atom. The second-order valence-electron chi connectivity index (χ2n) is 4.56. The van der Waals surface area contributed by atoms with Crippen molar-refractivity contribution in [2.45, 2.75) is 13.1 Å². The Hall–Kier alpha value is -2.30. The molecule has 5 heteroatoms. The molecule has 0 bridgehead atoms. The average Bonchev–Trinajstić information content (AvgIpc) is 2.45. The number of methoxy groups -OCH3 is 1. The summed E-state index contributed by atoms with van der Waals surface area (Å²) < 4.78 is 43.9. The van der Waals surface area contributed by atoms with E-state index in [1.807, 2.05) is 0 Å². The van der Waals surface area contributed by atoms with Crippen LogP contribution < -0.4 is 4.74 Å². The summed E-state index contributed by atoms with van der Waals surface area (Å²) in [5, 5.41) is 0. The highest BCUT2D eigenvalue weighted by atomic mass is 19.4. The summed E-state index contributed by atoms with van der Waals surface area (Å²) in [5.74, 6) is -0.0793. The van der Waals surface area contributed by atoms with Gasteiger partial charge in [0.2, 0.25) is 0 Å². The zero-order valence-corrected chi connectivity index (χ0v) is 11.5. The van der Waals surface area contributed by atoms with Gasteiger partial charge in [-0.3, -0.25) is 4.79 Å². The van der Waals surface area contributed by atoms with Crippen molar-refractivity contribution in [1.29, 1.82) is 0 Å². The second-order valence-corrected chi connectivity index (χ2v) is 4.56. The van der Waals surface area contributed by atoms with Gasteiger partial charge in [0.1, 0.15) is 5.75 Å². The van der Waals surface area contributed by atoms with E-state index >= 15 is 0 Å². The van der Waals surface area contributed by atoms with E-state index in [2.05, 4.69) is 0 Å². The molecule has 0 heterocycles. The van der Waals surface area contributed by atoms with E-state index in [-0.39, 0.29) is 11.1 Å². The first-order valence-electron chi connectivity index (χ1n) is 6.20. The highest BCUT2D eigenvalue weighted by Crippen LogP contribution is 2.33. The van der Waals surface area contributed by atoms with Crippen LogP contribution in [0.1, 0.15) is 27.0 Å². The monoisotopic (exact) mass is 294 g/mol. The molecule has 0 fully saturated rings. The largest absolute Gasteiger partial charge is 0.496 e. The standard InChI is InChI=1S/C16H13F3O2/c1-10-9-11(7-8-14(10)21-2)15(20)12-5-3-4-6-13(12)16(17,18)19/h3-9H,1-2H3. The number of ether oxygens (including phenoxy) is 1. The van der Waals surface area contributed by atoms with Crippen LogP contribution in [0.15, 0.2) is 42.5 Å². The highest BCUT2D eigenvalue weighted by Gasteiger charge is 2.34. The number of ketones is 1. The van der Waals surface area contributed by atoms with Crippen LogP contribution in [0.5, 0.6) is 5.75 Å². The van der Waals surface area contributed by atoms with E-state index in [4.69, 9.17) is 4.74 Å². The first kappa shape index (κ1) is 15.1. The summed E-state index contributed by atoms with van der Waals surface area (Å²) >= 11 is 0. The number of alkyl halides is 3. The van der Waals surface area contributed by atoms with Gasteiger partial charge in [-0.2, -0.15) is 13.2 Å². The zero-order valence-electron chi connectivity index (χ0n) is 11.5. The molecule has 2 nitrogen and oxygen atoms in total. The number of hydrogen-bond acceptors (Lipinski definition) is 2. The molecule has 110 valence electrons. The van der Waals surface area contributed by atoms with E-state index in [1.54, 1.807) is 13.0 Å². The molecule has 0 aliphatic heterocycles. The molecule has 0 aromatic heterocycles. The van der Waals surface area contributed by atoms with Gasteiger partial charge in [-0.15, -0.1) is 0 Å². The number of rotatable bonds is 3. The lowest BCUT2D eigenvalue weighted by atomic mass is 9.97. The van der Waals surface area contributed by atoms with Crippen molar-refractivity contribution in [3.63, 3.8) is 0 Å². The summed E-state index contributed by atoms with van der Waals surface area (Å²) in [6.07, 6.45) is -4.56. The van der Waals surface area contributed by atoms with Crippen LogP contribution in [0.4, 0.5) is 13.2 Å². The van der Waals surface area contributed by atoms with Crippen LogP contribution in [0, 0.1) is 6.92 Å². The summed E-state index contributed by atoms with van der Waals surface area (Å²) in [5.41, 5.74) is -0.393. The Labute approximate surface area is 120 Å². The summed E-state index contributed by atoms with van der Waals surface area (Å²) in [7, 11) is 1.49. The molecular weight excluding hydrogens is 281 g/mol. The molecule has 0 unspecified atom stereocenters. The van der Waals surface area contributed by atoms with Crippen molar-refractivity contribution in [2.24, 2.45) is 0 Å². The molecule has 0 aliphatic carbocycles. The third-order valence-corrected chi connectivity index (χ3v) is 3.13. The maximum atomic E-state index is 13.0. The van der Waals surface area contributed by atoms with Crippen LogP contribution >= 0.6 is 0 Å². The van der Waals surface area contributed by atoms with Gasteiger partial charge < -0.3 is 4.74 Å². The summed E-state index contributed by atoms with van der Waals surface area (Å²) in [4.78, 5) is 12.3. The lowest BCUT2D eigenvalue weighted by Gasteiger charge is -2.12. The zero-order chi connectivity index (χ0) is 15.6. The van der Waals surface area contributed by atoms with Crippen molar-refractivity contribution in [1.82, 2.24) is 0 Å². The predicted octanol–water partition coefficient (Wildman–Crippen LogP) is 4.25. The minimum absolute atomic E-state index is 0.199. The molecule has 2 rings (SSSR count). The van der Waals surface area contributed by atoms with Crippen LogP contribution in [-0.2, 0) is 6.18 Å². The van der Waals surface area contributed by atoms with Gasteiger partial charge in [0, 0.05) is 11.1 Å². The van der Waals surface area contributed by atoms with Crippen molar-refractivity contribution in [2.75, 3.05) is 7.11 Å². The van der Waals surface area contributed by atoms with E-state index in [9.17, 15) is 18.0 Å². The van der Waals surface area contributed by atoms with Crippen molar-refractivity contribution in [3.05, 3.63) is 64.7 Å².